The minimum atomic E-state index is -3.32. The quantitative estimate of drug-likeness (QED) is 0.898. The summed E-state index contributed by atoms with van der Waals surface area (Å²) in [6, 6.07) is 3.18. The van der Waals surface area contributed by atoms with Crippen molar-refractivity contribution >= 4 is 21.7 Å². The summed E-state index contributed by atoms with van der Waals surface area (Å²) in [7, 11) is -3.32. The number of benzene rings is 1. The third-order valence-electron chi connectivity index (χ3n) is 3.48. The number of hydrogen-bond donors (Lipinski definition) is 1. The van der Waals surface area contributed by atoms with Crippen LogP contribution in [0, 0.1) is 19.8 Å². The molecule has 1 aromatic rings. The third-order valence-corrected chi connectivity index (χ3v) is 5.50. The van der Waals surface area contributed by atoms with Crippen LogP contribution >= 0.6 is 0 Å². The predicted molar refractivity (Wildman–Crippen MR) is 73.2 cm³/mol. The van der Waals surface area contributed by atoms with Crippen LogP contribution in [0.2, 0.25) is 0 Å². The molecule has 1 fully saturated rings. The van der Waals surface area contributed by atoms with Crippen molar-refractivity contribution in [1.82, 2.24) is 0 Å². The summed E-state index contributed by atoms with van der Waals surface area (Å²) in [5, 5.41) is 9.17. The lowest BCUT2D eigenvalue weighted by molar-refractivity contribution is 0.0696. The average Bonchev–Trinajstić information content (AvgIpc) is 2.55. The minimum absolute atomic E-state index is 0.0555. The van der Waals surface area contributed by atoms with Crippen LogP contribution in [0.4, 0.5) is 5.69 Å². The third kappa shape index (κ3) is 2.45. The van der Waals surface area contributed by atoms with E-state index in [0.29, 0.717) is 17.8 Å². The molecule has 5 nitrogen and oxygen atoms in total. The molecule has 1 saturated heterocycles. The zero-order chi connectivity index (χ0) is 14.4. The van der Waals surface area contributed by atoms with Gasteiger partial charge in [-0.3, -0.25) is 4.31 Å². The highest BCUT2D eigenvalue weighted by Crippen LogP contribution is 2.30. The van der Waals surface area contributed by atoms with Gasteiger partial charge in [0.15, 0.2) is 0 Å². The Labute approximate surface area is 112 Å². The van der Waals surface area contributed by atoms with Crippen molar-refractivity contribution in [2.24, 2.45) is 5.92 Å². The Morgan fingerprint density at radius 2 is 2.00 bits per heavy atom. The average molecular weight is 283 g/mol. The summed E-state index contributed by atoms with van der Waals surface area (Å²) in [5.41, 5.74) is 2.06. The first-order chi connectivity index (χ1) is 8.72. The van der Waals surface area contributed by atoms with E-state index in [9.17, 15) is 18.3 Å². The summed E-state index contributed by atoms with van der Waals surface area (Å²) in [6.45, 7) is 5.79. The maximum atomic E-state index is 12.0. The number of anilines is 1. The van der Waals surface area contributed by atoms with E-state index < -0.39 is 16.0 Å². The fraction of sp³-hybridized carbons (Fsp3) is 0.462. The molecule has 0 aliphatic carbocycles. The van der Waals surface area contributed by atoms with Crippen LogP contribution in [0.5, 0.6) is 0 Å². The Morgan fingerprint density at radius 1 is 1.37 bits per heavy atom. The van der Waals surface area contributed by atoms with Gasteiger partial charge in [-0.05, 0) is 43.0 Å². The molecule has 0 bridgehead atoms. The van der Waals surface area contributed by atoms with Gasteiger partial charge in [-0.25, -0.2) is 13.2 Å². The molecule has 19 heavy (non-hydrogen) atoms. The summed E-state index contributed by atoms with van der Waals surface area (Å²) in [5.74, 6) is -0.866. The van der Waals surface area contributed by atoms with Crippen molar-refractivity contribution in [1.29, 1.82) is 0 Å². The number of aryl methyl sites for hydroxylation is 1. The molecule has 104 valence electrons. The van der Waals surface area contributed by atoms with Gasteiger partial charge >= 0.3 is 5.97 Å². The fourth-order valence-electron chi connectivity index (χ4n) is 2.37. The van der Waals surface area contributed by atoms with Crippen molar-refractivity contribution < 1.29 is 18.3 Å². The highest BCUT2D eigenvalue weighted by atomic mass is 32.2. The number of carboxylic acid groups (broad SMARTS) is 1. The van der Waals surface area contributed by atoms with Gasteiger partial charge in [0, 0.05) is 6.54 Å². The second-order valence-electron chi connectivity index (χ2n) is 5.16. The molecule has 1 N–H and O–H groups in total. The zero-order valence-electron chi connectivity index (χ0n) is 11.2. The van der Waals surface area contributed by atoms with Crippen LogP contribution in [-0.2, 0) is 10.0 Å². The highest BCUT2D eigenvalue weighted by Gasteiger charge is 2.34. The van der Waals surface area contributed by atoms with Crippen molar-refractivity contribution in [3.05, 3.63) is 28.8 Å². The van der Waals surface area contributed by atoms with Gasteiger partial charge in [0.05, 0.1) is 17.0 Å². The van der Waals surface area contributed by atoms with E-state index in [2.05, 4.69) is 0 Å². The molecule has 2 rings (SSSR count). The molecule has 1 unspecified atom stereocenters. The zero-order valence-corrected chi connectivity index (χ0v) is 12.0. The molecular formula is C13H17NO4S. The number of carbonyl (C=O) groups is 1. The summed E-state index contributed by atoms with van der Waals surface area (Å²) < 4.78 is 25.4. The molecule has 6 heteroatoms. The van der Waals surface area contributed by atoms with E-state index in [-0.39, 0.29) is 17.2 Å². The SMILES string of the molecule is Cc1cc(N2CC(C)CS2(=O)=O)cc(C(=O)O)c1C. The lowest BCUT2D eigenvalue weighted by atomic mass is 10.0. The molecule has 0 amide bonds. The van der Waals surface area contributed by atoms with Crippen LogP contribution in [0.15, 0.2) is 12.1 Å². The molecule has 0 radical (unpaired) electrons. The molecule has 1 heterocycles. The molecule has 0 aromatic heterocycles. The van der Waals surface area contributed by atoms with E-state index in [4.69, 9.17) is 0 Å². The minimum Gasteiger partial charge on any atom is -0.478 e. The highest BCUT2D eigenvalue weighted by molar-refractivity contribution is 7.93. The largest absolute Gasteiger partial charge is 0.478 e. The maximum Gasteiger partial charge on any atom is 0.336 e. The lowest BCUT2D eigenvalue weighted by Crippen LogP contribution is -2.25. The van der Waals surface area contributed by atoms with Gasteiger partial charge in [0.1, 0.15) is 0 Å². The molecule has 1 atom stereocenters. The number of hydrogen-bond acceptors (Lipinski definition) is 3. The Bertz CT molecular complexity index is 636. The first kappa shape index (κ1) is 13.9. The van der Waals surface area contributed by atoms with E-state index in [1.807, 2.05) is 6.92 Å². The van der Waals surface area contributed by atoms with Crippen LogP contribution in [-0.4, -0.2) is 31.8 Å². The second kappa shape index (κ2) is 4.52. The Hall–Kier alpha value is -1.56. The smallest absolute Gasteiger partial charge is 0.336 e. The number of rotatable bonds is 2. The number of nitrogens with zero attached hydrogens (tertiary/aromatic N) is 1. The van der Waals surface area contributed by atoms with Gasteiger partial charge in [-0.15, -0.1) is 0 Å². The van der Waals surface area contributed by atoms with Gasteiger partial charge in [-0.1, -0.05) is 6.92 Å². The van der Waals surface area contributed by atoms with Crippen LogP contribution in [0.3, 0.4) is 0 Å². The predicted octanol–water partition coefficient (Wildman–Crippen LogP) is 1.79. The molecule has 0 saturated carbocycles. The molecule has 1 aromatic carbocycles. The molecule has 1 aliphatic rings. The first-order valence-corrected chi connectivity index (χ1v) is 7.68. The molecule has 1 aliphatic heterocycles. The van der Waals surface area contributed by atoms with E-state index in [0.717, 1.165) is 5.56 Å². The first-order valence-electron chi connectivity index (χ1n) is 6.07. The fourth-order valence-corrected chi connectivity index (χ4v) is 4.28. The standard InChI is InChI=1S/C13H17NO4S/c1-8-6-14(19(17,18)7-8)11-4-9(2)10(3)12(5-11)13(15)16/h4-5,8H,6-7H2,1-3H3,(H,15,16). The summed E-state index contributed by atoms with van der Waals surface area (Å²) >= 11 is 0. The second-order valence-corrected chi connectivity index (χ2v) is 7.09. The topological polar surface area (TPSA) is 74.7 Å². The monoisotopic (exact) mass is 283 g/mol. The van der Waals surface area contributed by atoms with E-state index >= 15 is 0 Å². The number of aromatic carboxylic acids is 1. The van der Waals surface area contributed by atoms with Gasteiger partial charge in [0.2, 0.25) is 10.0 Å². The van der Waals surface area contributed by atoms with Crippen LogP contribution < -0.4 is 4.31 Å². The normalized spacial score (nSPS) is 21.6. The van der Waals surface area contributed by atoms with Crippen molar-refractivity contribution in [2.45, 2.75) is 20.8 Å². The van der Waals surface area contributed by atoms with Crippen LogP contribution in [0.25, 0.3) is 0 Å². The summed E-state index contributed by atoms with van der Waals surface area (Å²) in [4.78, 5) is 11.2. The molecule has 0 spiro atoms. The molecular weight excluding hydrogens is 266 g/mol. The lowest BCUT2D eigenvalue weighted by Gasteiger charge is -2.19. The number of sulfonamides is 1. The van der Waals surface area contributed by atoms with Crippen LogP contribution in [0.1, 0.15) is 28.4 Å². The van der Waals surface area contributed by atoms with Gasteiger partial charge in [-0.2, -0.15) is 0 Å². The maximum absolute atomic E-state index is 12.0. The Kier molecular flexibility index (Phi) is 3.30. The van der Waals surface area contributed by atoms with E-state index in [1.165, 1.54) is 10.4 Å². The van der Waals surface area contributed by atoms with Gasteiger partial charge in [0.25, 0.3) is 0 Å². The van der Waals surface area contributed by atoms with Crippen molar-refractivity contribution in [3.8, 4) is 0 Å². The Balaban J connectivity index is 2.56. The van der Waals surface area contributed by atoms with Crippen molar-refractivity contribution in [2.75, 3.05) is 16.6 Å². The number of carboxylic acids is 1. The van der Waals surface area contributed by atoms with Gasteiger partial charge < -0.3 is 5.11 Å². The Morgan fingerprint density at radius 3 is 2.47 bits per heavy atom. The van der Waals surface area contributed by atoms with E-state index in [1.54, 1.807) is 19.9 Å². The summed E-state index contributed by atoms with van der Waals surface area (Å²) in [6.07, 6.45) is 0. The van der Waals surface area contributed by atoms with Crippen molar-refractivity contribution in [3.63, 3.8) is 0 Å².